The molecule has 3 nitrogen and oxygen atoms in total. The van der Waals surface area contributed by atoms with E-state index in [1.165, 1.54) is 12.1 Å². The van der Waals surface area contributed by atoms with E-state index in [2.05, 4.69) is 0 Å². The van der Waals surface area contributed by atoms with Gasteiger partial charge in [0, 0.05) is 11.6 Å². The van der Waals surface area contributed by atoms with E-state index in [0.717, 1.165) is 12.1 Å². The van der Waals surface area contributed by atoms with Crippen molar-refractivity contribution < 1.29 is 13.9 Å². The molecule has 0 heterocycles. The minimum absolute atomic E-state index is 0.0496. The highest BCUT2D eigenvalue weighted by Crippen LogP contribution is 2.21. The fraction of sp³-hybridized carbons (Fsp3) is 0.286. The van der Waals surface area contributed by atoms with Crippen molar-refractivity contribution in [3.63, 3.8) is 0 Å². The van der Waals surface area contributed by atoms with Gasteiger partial charge in [0.25, 0.3) is 0 Å². The van der Waals surface area contributed by atoms with Crippen molar-refractivity contribution in [1.82, 2.24) is 0 Å². The summed E-state index contributed by atoms with van der Waals surface area (Å²) in [7, 11) is 0. The molecule has 0 N–H and O–H groups in total. The summed E-state index contributed by atoms with van der Waals surface area (Å²) in [4.78, 5) is 11.4. The van der Waals surface area contributed by atoms with Crippen molar-refractivity contribution in [1.29, 1.82) is 5.26 Å². The van der Waals surface area contributed by atoms with Crippen LogP contribution >= 0.6 is 11.6 Å². The van der Waals surface area contributed by atoms with E-state index in [1.807, 2.05) is 0 Å². The van der Waals surface area contributed by atoms with Crippen LogP contribution in [0.5, 0.6) is 0 Å². The predicted molar refractivity (Wildman–Crippen MR) is 71.0 cm³/mol. The minimum Gasteiger partial charge on any atom is -0.457 e. The molecule has 19 heavy (non-hydrogen) atoms. The zero-order chi connectivity index (χ0) is 14.6. The average molecular weight is 282 g/mol. The van der Waals surface area contributed by atoms with E-state index >= 15 is 0 Å². The van der Waals surface area contributed by atoms with Gasteiger partial charge in [-0.25, -0.2) is 9.18 Å². The number of nitriles is 1. The van der Waals surface area contributed by atoms with Gasteiger partial charge in [-0.1, -0.05) is 11.6 Å². The average Bonchev–Trinajstić information content (AvgIpc) is 2.27. The molecule has 0 bridgehead atoms. The van der Waals surface area contributed by atoms with Gasteiger partial charge >= 0.3 is 5.97 Å². The van der Waals surface area contributed by atoms with Gasteiger partial charge in [0.15, 0.2) is 0 Å². The first-order valence-corrected chi connectivity index (χ1v) is 5.91. The maximum Gasteiger partial charge on any atom is 0.331 e. The lowest BCUT2D eigenvalue weighted by molar-refractivity contribution is -0.148. The molecule has 1 aromatic rings. The second-order valence-corrected chi connectivity index (χ2v) is 5.24. The van der Waals surface area contributed by atoms with E-state index in [0.29, 0.717) is 0 Å². The zero-order valence-electron chi connectivity index (χ0n) is 10.8. The molecule has 5 heteroatoms. The summed E-state index contributed by atoms with van der Waals surface area (Å²) in [5.74, 6) is -1.20. The topological polar surface area (TPSA) is 50.1 Å². The fourth-order valence-electron chi connectivity index (χ4n) is 1.27. The Bertz CT molecular complexity index is 568. The molecule has 0 atom stereocenters. The van der Waals surface area contributed by atoms with Crippen molar-refractivity contribution in [2.24, 2.45) is 0 Å². The van der Waals surface area contributed by atoms with Crippen molar-refractivity contribution >= 4 is 23.6 Å². The maximum atomic E-state index is 13.6. The van der Waals surface area contributed by atoms with Crippen LogP contribution in [0.2, 0.25) is 5.02 Å². The Labute approximate surface area is 116 Å². The Kier molecular flexibility index (Phi) is 4.68. The molecule has 1 aromatic carbocycles. The maximum absolute atomic E-state index is 13.6. The molecule has 0 aliphatic rings. The first-order chi connectivity index (χ1) is 8.73. The summed E-state index contributed by atoms with van der Waals surface area (Å²) in [6.07, 6.45) is 2.38. The monoisotopic (exact) mass is 281 g/mol. The number of hydrogen-bond acceptors (Lipinski definition) is 3. The highest BCUT2D eigenvalue weighted by atomic mass is 35.5. The second-order valence-electron chi connectivity index (χ2n) is 4.83. The summed E-state index contributed by atoms with van der Waals surface area (Å²) in [5.41, 5.74) is -0.439. The van der Waals surface area contributed by atoms with Crippen molar-refractivity contribution in [3.05, 3.63) is 40.2 Å². The highest BCUT2D eigenvalue weighted by Gasteiger charge is 2.14. The van der Waals surface area contributed by atoms with Gasteiger partial charge in [-0.15, -0.1) is 0 Å². The number of hydrogen-bond donors (Lipinski definition) is 0. The van der Waals surface area contributed by atoms with E-state index in [-0.39, 0.29) is 16.1 Å². The number of rotatable bonds is 2. The van der Waals surface area contributed by atoms with Crippen LogP contribution in [-0.2, 0) is 9.53 Å². The van der Waals surface area contributed by atoms with Crippen LogP contribution in [0.4, 0.5) is 4.39 Å². The first kappa shape index (κ1) is 15.2. The SMILES string of the molecule is CC(C)(C)OC(=O)C=Cc1cc(Cl)c(C#N)cc1F. The first-order valence-electron chi connectivity index (χ1n) is 5.53. The van der Waals surface area contributed by atoms with Crippen LogP contribution in [0.1, 0.15) is 31.9 Å². The van der Waals surface area contributed by atoms with Gasteiger partial charge < -0.3 is 4.74 Å². The molecular weight excluding hydrogens is 269 g/mol. The molecule has 0 amide bonds. The van der Waals surface area contributed by atoms with E-state index < -0.39 is 17.4 Å². The molecule has 0 saturated heterocycles. The number of esters is 1. The number of carbonyl (C=O) groups excluding carboxylic acids is 1. The number of halogens is 2. The number of nitrogens with zero attached hydrogens (tertiary/aromatic N) is 1. The molecule has 0 aliphatic heterocycles. The largest absolute Gasteiger partial charge is 0.457 e. The molecule has 0 saturated carbocycles. The van der Waals surface area contributed by atoms with Gasteiger partial charge in [0.1, 0.15) is 17.5 Å². The van der Waals surface area contributed by atoms with E-state index in [4.69, 9.17) is 21.6 Å². The number of carbonyl (C=O) groups is 1. The summed E-state index contributed by atoms with van der Waals surface area (Å²) < 4.78 is 18.6. The third kappa shape index (κ3) is 4.72. The third-order valence-corrected chi connectivity index (χ3v) is 2.33. The summed E-state index contributed by atoms with van der Waals surface area (Å²) in [5, 5.41) is 8.82. The lowest BCUT2D eigenvalue weighted by atomic mass is 10.1. The lowest BCUT2D eigenvalue weighted by Crippen LogP contribution is -2.22. The molecule has 0 aromatic heterocycles. The zero-order valence-corrected chi connectivity index (χ0v) is 11.6. The number of benzene rings is 1. The third-order valence-electron chi connectivity index (χ3n) is 2.01. The molecular formula is C14H13ClFNO2. The van der Waals surface area contributed by atoms with Gasteiger partial charge in [0.05, 0.1) is 10.6 Å². The van der Waals surface area contributed by atoms with Crippen LogP contribution in [0, 0.1) is 17.1 Å². The Balaban J connectivity index is 2.92. The van der Waals surface area contributed by atoms with Gasteiger partial charge in [-0.2, -0.15) is 5.26 Å². The molecule has 0 spiro atoms. The predicted octanol–water partition coefficient (Wildman–Crippen LogP) is 3.71. The van der Waals surface area contributed by atoms with E-state index in [1.54, 1.807) is 26.8 Å². The molecule has 0 fully saturated rings. The smallest absolute Gasteiger partial charge is 0.331 e. The Morgan fingerprint density at radius 2 is 2.11 bits per heavy atom. The van der Waals surface area contributed by atoms with Crippen LogP contribution in [-0.4, -0.2) is 11.6 Å². The van der Waals surface area contributed by atoms with Gasteiger partial charge in [0.2, 0.25) is 0 Å². The summed E-state index contributed by atoms with van der Waals surface area (Å²) in [6.45, 7) is 5.20. The molecule has 0 unspecified atom stereocenters. The van der Waals surface area contributed by atoms with Crippen molar-refractivity contribution in [2.75, 3.05) is 0 Å². The Hall–Kier alpha value is -1.86. The van der Waals surface area contributed by atoms with Gasteiger partial charge in [-0.05, 0) is 39.0 Å². The lowest BCUT2D eigenvalue weighted by Gasteiger charge is -2.17. The van der Waals surface area contributed by atoms with E-state index in [9.17, 15) is 9.18 Å². The summed E-state index contributed by atoms with van der Waals surface area (Å²) >= 11 is 5.78. The molecule has 0 radical (unpaired) electrons. The van der Waals surface area contributed by atoms with Crippen LogP contribution < -0.4 is 0 Å². The van der Waals surface area contributed by atoms with Crippen LogP contribution in [0.25, 0.3) is 6.08 Å². The quantitative estimate of drug-likeness (QED) is 0.613. The molecule has 100 valence electrons. The Morgan fingerprint density at radius 3 is 2.63 bits per heavy atom. The minimum atomic E-state index is -0.624. The standard InChI is InChI=1S/C14H13ClFNO2/c1-14(2,3)19-13(18)5-4-9-6-11(15)10(8-17)7-12(9)16/h4-7H,1-3H3. The molecule has 1 rings (SSSR count). The molecule has 0 aliphatic carbocycles. The highest BCUT2D eigenvalue weighted by molar-refractivity contribution is 6.31. The van der Waals surface area contributed by atoms with Gasteiger partial charge in [-0.3, -0.25) is 0 Å². The normalized spacial score (nSPS) is 11.4. The summed E-state index contributed by atoms with van der Waals surface area (Å²) in [6, 6.07) is 4.08. The Morgan fingerprint density at radius 1 is 1.47 bits per heavy atom. The van der Waals surface area contributed by atoms with Crippen LogP contribution in [0.3, 0.4) is 0 Å². The fourth-order valence-corrected chi connectivity index (χ4v) is 1.48. The van der Waals surface area contributed by atoms with Crippen molar-refractivity contribution in [2.45, 2.75) is 26.4 Å². The van der Waals surface area contributed by atoms with Crippen LogP contribution in [0.15, 0.2) is 18.2 Å². The number of ether oxygens (including phenoxy) is 1. The van der Waals surface area contributed by atoms with Crippen molar-refractivity contribution in [3.8, 4) is 6.07 Å². The second kappa shape index (κ2) is 5.85.